The summed E-state index contributed by atoms with van der Waals surface area (Å²) in [5.41, 5.74) is 2.35. The van der Waals surface area contributed by atoms with Gasteiger partial charge in [0.2, 0.25) is 0 Å². The predicted molar refractivity (Wildman–Crippen MR) is 145 cm³/mol. The smallest absolute Gasteiger partial charge is 0.266 e. The molecule has 7 nitrogen and oxygen atoms in total. The molecule has 0 saturated carbocycles. The summed E-state index contributed by atoms with van der Waals surface area (Å²) in [6, 6.07) is 8.07. The molecule has 0 radical (unpaired) electrons. The van der Waals surface area contributed by atoms with E-state index in [9.17, 15) is 9.59 Å². The van der Waals surface area contributed by atoms with Gasteiger partial charge in [0.1, 0.15) is 4.32 Å². The Morgan fingerprint density at radius 2 is 1.82 bits per heavy atom. The van der Waals surface area contributed by atoms with Crippen LogP contribution in [0.3, 0.4) is 0 Å². The van der Waals surface area contributed by atoms with Crippen molar-refractivity contribution in [3.8, 4) is 0 Å². The van der Waals surface area contributed by atoms with Crippen molar-refractivity contribution >= 4 is 56.9 Å². The third kappa shape index (κ3) is 4.79. The SMILES string of the molecule is CCN1CCN(c2c(C=C3SC(=S)N(CCCOC)C3=O)c(=O)n(CC)c3ccccc23)CC1. The molecule has 1 aromatic heterocycles. The van der Waals surface area contributed by atoms with Gasteiger partial charge in [-0.3, -0.25) is 14.5 Å². The second kappa shape index (κ2) is 11.0. The van der Waals surface area contributed by atoms with Crippen molar-refractivity contribution < 1.29 is 9.53 Å². The van der Waals surface area contributed by atoms with Gasteiger partial charge in [-0.05, 0) is 32.0 Å². The lowest BCUT2D eigenvalue weighted by atomic mass is 10.0. The number of para-hydroxylation sites is 1. The lowest BCUT2D eigenvalue weighted by molar-refractivity contribution is -0.122. The maximum Gasteiger partial charge on any atom is 0.266 e. The number of thioether (sulfide) groups is 1. The minimum absolute atomic E-state index is 0.0706. The summed E-state index contributed by atoms with van der Waals surface area (Å²) >= 11 is 6.77. The molecule has 2 fully saturated rings. The minimum atomic E-state index is -0.136. The molecule has 2 aliphatic heterocycles. The molecule has 1 amide bonds. The molecular weight excluding hydrogens is 468 g/mol. The number of thiocarbonyl (C=S) groups is 1. The van der Waals surface area contributed by atoms with Crippen LogP contribution in [0.1, 0.15) is 25.8 Å². The summed E-state index contributed by atoms with van der Waals surface area (Å²) in [6.07, 6.45) is 2.49. The highest BCUT2D eigenvalue weighted by Crippen LogP contribution is 2.36. The standard InChI is InChI=1S/C25H32N4O3S2/c1-4-26-12-14-27(15-13-26)22-18-9-6-7-10-20(18)28(5-2)23(30)19(22)17-21-24(31)29(25(33)34-21)11-8-16-32-3/h6-7,9-10,17H,4-5,8,11-16H2,1-3H3. The van der Waals surface area contributed by atoms with Crippen molar-refractivity contribution in [2.24, 2.45) is 0 Å². The largest absolute Gasteiger partial charge is 0.385 e. The number of rotatable bonds is 8. The van der Waals surface area contributed by atoms with E-state index in [1.165, 1.54) is 11.8 Å². The number of fused-ring (bicyclic) bond motifs is 1. The molecule has 3 heterocycles. The van der Waals surface area contributed by atoms with Crippen LogP contribution in [0.2, 0.25) is 0 Å². The van der Waals surface area contributed by atoms with Crippen molar-refractivity contribution in [1.82, 2.24) is 14.4 Å². The van der Waals surface area contributed by atoms with Crippen molar-refractivity contribution in [3.05, 3.63) is 45.1 Å². The molecule has 4 rings (SSSR count). The predicted octanol–water partition coefficient (Wildman–Crippen LogP) is 3.40. The highest BCUT2D eigenvalue weighted by atomic mass is 32.2. The van der Waals surface area contributed by atoms with Crippen LogP contribution in [0.25, 0.3) is 17.0 Å². The summed E-state index contributed by atoms with van der Waals surface area (Å²) in [6.45, 7) is 10.4. The number of pyridine rings is 1. The van der Waals surface area contributed by atoms with Crippen molar-refractivity contribution in [2.75, 3.05) is 57.9 Å². The van der Waals surface area contributed by atoms with E-state index in [0.717, 1.165) is 49.3 Å². The zero-order valence-corrected chi connectivity index (χ0v) is 21.7. The number of carbonyl (C=O) groups is 1. The van der Waals surface area contributed by atoms with Crippen LogP contribution in [0.15, 0.2) is 34.0 Å². The third-order valence-electron chi connectivity index (χ3n) is 6.51. The first-order chi connectivity index (χ1) is 16.5. The molecule has 9 heteroatoms. The van der Waals surface area contributed by atoms with Crippen molar-refractivity contribution in [2.45, 2.75) is 26.8 Å². The molecule has 0 atom stereocenters. The summed E-state index contributed by atoms with van der Waals surface area (Å²) in [5.74, 6) is -0.136. The monoisotopic (exact) mass is 500 g/mol. The topological polar surface area (TPSA) is 58.0 Å². The van der Waals surface area contributed by atoms with Crippen LogP contribution in [-0.2, 0) is 16.1 Å². The average molecular weight is 501 g/mol. The Morgan fingerprint density at radius 1 is 1.09 bits per heavy atom. The van der Waals surface area contributed by atoms with Gasteiger partial charge in [-0.15, -0.1) is 0 Å². The highest BCUT2D eigenvalue weighted by molar-refractivity contribution is 8.26. The second-order valence-electron chi connectivity index (χ2n) is 8.43. The molecule has 0 aliphatic carbocycles. The van der Waals surface area contributed by atoms with Gasteiger partial charge in [0.15, 0.2) is 0 Å². The number of anilines is 1. The second-order valence-corrected chi connectivity index (χ2v) is 10.1. The zero-order valence-electron chi connectivity index (χ0n) is 20.1. The minimum Gasteiger partial charge on any atom is -0.385 e. The average Bonchev–Trinajstić information content (AvgIpc) is 3.12. The van der Waals surface area contributed by atoms with Gasteiger partial charge in [-0.1, -0.05) is 49.1 Å². The number of benzene rings is 1. The lowest BCUT2D eigenvalue weighted by Gasteiger charge is -2.37. The number of piperazine rings is 1. The molecule has 0 spiro atoms. The quantitative estimate of drug-likeness (QED) is 0.313. The summed E-state index contributed by atoms with van der Waals surface area (Å²) in [5, 5.41) is 1.04. The van der Waals surface area contributed by atoms with Gasteiger partial charge >= 0.3 is 0 Å². The summed E-state index contributed by atoms with van der Waals surface area (Å²) < 4.78 is 7.45. The van der Waals surface area contributed by atoms with Gasteiger partial charge in [-0.2, -0.15) is 0 Å². The van der Waals surface area contributed by atoms with Gasteiger partial charge in [0.25, 0.3) is 11.5 Å². The Hall–Kier alpha value is -2.20. The molecule has 2 saturated heterocycles. The lowest BCUT2D eigenvalue weighted by Crippen LogP contribution is -2.47. The van der Waals surface area contributed by atoms with Crippen LogP contribution >= 0.6 is 24.0 Å². The van der Waals surface area contributed by atoms with Crippen LogP contribution in [0.5, 0.6) is 0 Å². The maximum absolute atomic E-state index is 13.8. The zero-order chi connectivity index (χ0) is 24.2. The van der Waals surface area contributed by atoms with E-state index < -0.39 is 0 Å². The third-order valence-corrected chi connectivity index (χ3v) is 7.89. The highest BCUT2D eigenvalue weighted by Gasteiger charge is 2.33. The fourth-order valence-corrected chi connectivity index (χ4v) is 5.96. The molecule has 34 heavy (non-hydrogen) atoms. The van der Waals surface area contributed by atoms with E-state index in [1.807, 2.05) is 25.1 Å². The van der Waals surface area contributed by atoms with Crippen LogP contribution in [0, 0.1) is 0 Å². The van der Waals surface area contributed by atoms with E-state index in [4.69, 9.17) is 17.0 Å². The Bertz CT molecular complexity index is 1170. The molecular formula is C25H32N4O3S2. The molecule has 0 bridgehead atoms. The van der Waals surface area contributed by atoms with Crippen LogP contribution in [0.4, 0.5) is 5.69 Å². The number of aromatic nitrogens is 1. The molecule has 182 valence electrons. The van der Waals surface area contributed by atoms with E-state index in [2.05, 4.69) is 22.8 Å². The number of hydrogen-bond donors (Lipinski definition) is 0. The fourth-order valence-electron chi connectivity index (χ4n) is 4.67. The molecule has 2 aliphatic rings. The molecule has 2 aromatic rings. The summed E-state index contributed by atoms with van der Waals surface area (Å²) in [7, 11) is 1.64. The first-order valence-electron chi connectivity index (χ1n) is 11.9. The van der Waals surface area contributed by atoms with E-state index in [0.29, 0.717) is 40.9 Å². The van der Waals surface area contributed by atoms with E-state index in [1.54, 1.807) is 22.7 Å². The first kappa shape index (κ1) is 24.9. The van der Waals surface area contributed by atoms with E-state index in [-0.39, 0.29) is 11.5 Å². The fraction of sp³-hybridized carbons (Fsp3) is 0.480. The van der Waals surface area contributed by atoms with Crippen LogP contribution < -0.4 is 10.5 Å². The Morgan fingerprint density at radius 3 is 2.50 bits per heavy atom. The first-order valence-corrected chi connectivity index (χ1v) is 13.1. The number of aryl methyl sites for hydroxylation is 1. The number of hydrogen-bond acceptors (Lipinski definition) is 7. The van der Waals surface area contributed by atoms with Crippen molar-refractivity contribution in [1.29, 1.82) is 0 Å². The van der Waals surface area contributed by atoms with Gasteiger partial charge in [0, 0.05) is 58.4 Å². The maximum atomic E-state index is 13.8. The molecule has 1 aromatic carbocycles. The number of ether oxygens (including phenoxy) is 1. The number of methoxy groups -OCH3 is 1. The number of carbonyl (C=O) groups excluding carboxylic acids is 1. The number of likely N-dealkylation sites (N-methyl/N-ethyl adjacent to an activating group) is 1. The molecule has 0 unspecified atom stereocenters. The number of amides is 1. The normalized spacial score (nSPS) is 18.6. The Kier molecular flexibility index (Phi) is 8.08. The number of nitrogens with zero attached hydrogens (tertiary/aromatic N) is 4. The van der Waals surface area contributed by atoms with Crippen LogP contribution in [-0.4, -0.2) is 77.6 Å². The van der Waals surface area contributed by atoms with Gasteiger partial charge in [-0.25, -0.2) is 0 Å². The Balaban J connectivity index is 1.82. The Labute approximate surface area is 210 Å². The van der Waals surface area contributed by atoms with E-state index >= 15 is 0 Å². The summed E-state index contributed by atoms with van der Waals surface area (Å²) in [4.78, 5) is 33.8. The van der Waals surface area contributed by atoms with Gasteiger partial charge < -0.3 is 19.1 Å². The van der Waals surface area contributed by atoms with Crippen molar-refractivity contribution in [3.63, 3.8) is 0 Å². The molecule has 0 N–H and O–H groups in total. The van der Waals surface area contributed by atoms with Gasteiger partial charge in [0.05, 0.1) is 21.7 Å².